The molecule has 0 aromatic rings. The molecule has 0 saturated heterocycles. The minimum absolute atomic E-state index is 0. The third kappa shape index (κ3) is 10.7. The zero-order valence-corrected chi connectivity index (χ0v) is 5.92. The van der Waals surface area contributed by atoms with E-state index in [2.05, 4.69) is 0 Å². The van der Waals surface area contributed by atoms with Crippen molar-refractivity contribution in [2.75, 3.05) is 6.61 Å². The van der Waals surface area contributed by atoms with Gasteiger partial charge >= 0.3 is 0 Å². The third-order valence-corrected chi connectivity index (χ3v) is 0.500. The largest absolute Gasteiger partial charge is 0.379 e. The first kappa shape index (κ1) is 10.3. The normalized spacial score (nSPS) is 8.57. The maximum Gasteiger partial charge on any atom is 0.0518 e. The Morgan fingerprint density at radius 3 is 1.86 bits per heavy atom. The first-order chi connectivity index (χ1) is 2.77. The van der Waals surface area contributed by atoms with Gasteiger partial charge in [-0.05, 0) is 20.8 Å². The van der Waals surface area contributed by atoms with E-state index in [1.165, 1.54) is 0 Å². The van der Waals surface area contributed by atoms with Crippen LogP contribution in [-0.4, -0.2) is 12.7 Å². The predicted molar refractivity (Wildman–Crippen MR) is 34.0 cm³/mol. The van der Waals surface area contributed by atoms with Crippen LogP contribution in [0.5, 0.6) is 0 Å². The van der Waals surface area contributed by atoms with E-state index in [1.54, 1.807) is 0 Å². The average molecular weight is 125 g/mol. The molecule has 2 heteroatoms. The van der Waals surface area contributed by atoms with E-state index in [0.717, 1.165) is 6.61 Å². The molecular formula is C5H13ClO. The van der Waals surface area contributed by atoms with Crippen molar-refractivity contribution >= 4 is 12.4 Å². The number of hydrogen-bond acceptors (Lipinski definition) is 1. The summed E-state index contributed by atoms with van der Waals surface area (Å²) < 4.78 is 5.04. The molecule has 0 amide bonds. The van der Waals surface area contributed by atoms with Crippen molar-refractivity contribution in [2.45, 2.75) is 26.9 Å². The fourth-order valence-electron chi connectivity index (χ4n) is 0.333. The molecule has 0 aliphatic heterocycles. The van der Waals surface area contributed by atoms with Crippen LogP contribution in [0, 0.1) is 0 Å². The molecule has 0 rings (SSSR count). The van der Waals surface area contributed by atoms with E-state index >= 15 is 0 Å². The van der Waals surface area contributed by atoms with Crippen LogP contribution < -0.4 is 0 Å². The Morgan fingerprint density at radius 2 is 1.86 bits per heavy atom. The Balaban J connectivity index is 0. The van der Waals surface area contributed by atoms with E-state index in [1.807, 2.05) is 20.8 Å². The maximum absolute atomic E-state index is 5.04. The lowest BCUT2D eigenvalue weighted by molar-refractivity contribution is 0.0899. The van der Waals surface area contributed by atoms with Crippen LogP contribution in [-0.2, 0) is 4.74 Å². The van der Waals surface area contributed by atoms with Gasteiger partial charge in [0.25, 0.3) is 0 Å². The summed E-state index contributed by atoms with van der Waals surface area (Å²) in [5, 5.41) is 0. The first-order valence-electron chi connectivity index (χ1n) is 2.39. The Kier molecular flexibility index (Phi) is 9.17. The molecule has 0 aliphatic carbocycles. The van der Waals surface area contributed by atoms with Crippen molar-refractivity contribution in [2.24, 2.45) is 0 Å². The molecule has 0 atom stereocenters. The van der Waals surface area contributed by atoms with Gasteiger partial charge in [0.1, 0.15) is 0 Å². The van der Waals surface area contributed by atoms with Crippen LogP contribution in [0.25, 0.3) is 0 Å². The van der Waals surface area contributed by atoms with Crippen molar-refractivity contribution in [1.29, 1.82) is 0 Å². The summed E-state index contributed by atoms with van der Waals surface area (Å²) in [5.74, 6) is 0. The van der Waals surface area contributed by atoms with Crippen LogP contribution in [0.4, 0.5) is 0 Å². The second-order valence-electron chi connectivity index (χ2n) is 1.50. The van der Waals surface area contributed by atoms with Gasteiger partial charge in [-0.2, -0.15) is 0 Å². The van der Waals surface area contributed by atoms with Crippen LogP contribution in [0.2, 0.25) is 0 Å². The summed E-state index contributed by atoms with van der Waals surface area (Å²) in [7, 11) is 0. The van der Waals surface area contributed by atoms with Gasteiger partial charge in [0.2, 0.25) is 0 Å². The third-order valence-electron chi connectivity index (χ3n) is 0.500. The molecule has 0 radical (unpaired) electrons. The monoisotopic (exact) mass is 124 g/mol. The van der Waals surface area contributed by atoms with Crippen LogP contribution in [0.15, 0.2) is 0 Å². The molecule has 46 valence electrons. The summed E-state index contributed by atoms with van der Waals surface area (Å²) in [6.07, 6.45) is 0.398. The first-order valence-corrected chi connectivity index (χ1v) is 2.39. The van der Waals surface area contributed by atoms with Gasteiger partial charge in [0, 0.05) is 6.61 Å². The number of ether oxygens (including phenoxy) is 1. The summed E-state index contributed by atoms with van der Waals surface area (Å²) in [6, 6.07) is 0. The van der Waals surface area contributed by atoms with E-state index in [-0.39, 0.29) is 12.4 Å². The average Bonchev–Trinajstić information content (AvgIpc) is 1.35. The number of hydrogen-bond donors (Lipinski definition) is 0. The van der Waals surface area contributed by atoms with Gasteiger partial charge in [0.15, 0.2) is 0 Å². The van der Waals surface area contributed by atoms with E-state index < -0.39 is 0 Å². The SMILES string of the molecule is CCOC(C)C.Cl. The highest BCUT2D eigenvalue weighted by Crippen LogP contribution is 1.83. The molecular weight excluding hydrogens is 112 g/mol. The van der Waals surface area contributed by atoms with Crippen molar-refractivity contribution < 1.29 is 4.74 Å². The van der Waals surface area contributed by atoms with Crippen molar-refractivity contribution in [3.8, 4) is 0 Å². The highest BCUT2D eigenvalue weighted by atomic mass is 35.5. The standard InChI is InChI=1S/C5H12O.ClH/c1-4-6-5(2)3;/h5H,4H2,1-3H3;1H. The summed E-state index contributed by atoms with van der Waals surface area (Å²) in [5.41, 5.74) is 0. The van der Waals surface area contributed by atoms with Crippen LogP contribution >= 0.6 is 12.4 Å². The fourth-order valence-corrected chi connectivity index (χ4v) is 0.333. The van der Waals surface area contributed by atoms with Gasteiger partial charge in [-0.3, -0.25) is 0 Å². The second-order valence-corrected chi connectivity index (χ2v) is 1.50. The summed E-state index contributed by atoms with van der Waals surface area (Å²) >= 11 is 0. The minimum Gasteiger partial charge on any atom is -0.379 e. The zero-order valence-electron chi connectivity index (χ0n) is 5.10. The maximum atomic E-state index is 5.04. The highest BCUT2D eigenvalue weighted by molar-refractivity contribution is 5.85. The summed E-state index contributed by atoms with van der Waals surface area (Å²) in [4.78, 5) is 0. The van der Waals surface area contributed by atoms with Gasteiger partial charge < -0.3 is 4.74 Å². The summed E-state index contributed by atoms with van der Waals surface area (Å²) in [6.45, 7) is 6.89. The van der Waals surface area contributed by atoms with Crippen molar-refractivity contribution in [3.63, 3.8) is 0 Å². The molecule has 0 spiro atoms. The van der Waals surface area contributed by atoms with Gasteiger partial charge in [-0.15, -0.1) is 12.4 Å². The molecule has 0 unspecified atom stereocenters. The van der Waals surface area contributed by atoms with Crippen molar-refractivity contribution in [1.82, 2.24) is 0 Å². The number of rotatable bonds is 2. The van der Waals surface area contributed by atoms with E-state index in [9.17, 15) is 0 Å². The predicted octanol–water partition coefficient (Wildman–Crippen LogP) is 1.85. The fraction of sp³-hybridized carbons (Fsp3) is 1.00. The number of halogens is 1. The van der Waals surface area contributed by atoms with E-state index in [0.29, 0.717) is 6.10 Å². The Hall–Kier alpha value is 0.250. The van der Waals surface area contributed by atoms with Crippen molar-refractivity contribution in [3.05, 3.63) is 0 Å². The van der Waals surface area contributed by atoms with Crippen LogP contribution in [0.3, 0.4) is 0 Å². The van der Waals surface area contributed by atoms with Gasteiger partial charge in [-0.25, -0.2) is 0 Å². The highest BCUT2D eigenvalue weighted by Gasteiger charge is 1.83. The van der Waals surface area contributed by atoms with E-state index in [4.69, 9.17) is 4.74 Å². The zero-order chi connectivity index (χ0) is 4.99. The molecule has 1 nitrogen and oxygen atoms in total. The molecule has 0 heterocycles. The molecule has 0 aromatic heterocycles. The van der Waals surface area contributed by atoms with Gasteiger partial charge in [-0.1, -0.05) is 0 Å². The lowest BCUT2D eigenvalue weighted by Gasteiger charge is -2.00. The molecule has 0 fully saturated rings. The molecule has 0 saturated carbocycles. The smallest absolute Gasteiger partial charge is 0.0518 e. The van der Waals surface area contributed by atoms with Gasteiger partial charge in [0.05, 0.1) is 6.10 Å². The molecule has 0 aliphatic rings. The minimum atomic E-state index is 0. The molecule has 0 N–H and O–H groups in total. The Morgan fingerprint density at radius 1 is 1.43 bits per heavy atom. The molecule has 0 aromatic carbocycles. The lowest BCUT2D eigenvalue weighted by Crippen LogP contribution is -1.99. The molecule has 7 heavy (non-hydrogen) atoms. The van der Waals surface area contributed by atoms with Crippen LogP contribution in [0.1, 0.15) is 20.8 Å². The second kappa shape index (κ2) is 6.25. The lowest BCUT2D eigenvalue weighted by atomic mass is 10.5. The Labute approximate surface area is 51.5 Å². The quantitative estimate of drug-likeness (QED) is 0.546. The topological polar surface area (TPSA) is 9.23 Å². The Bertz CT molecular complexity index is 29.3. The molecule has 0 bridgehead atoms.